The number of aromatic nitrogens is 1. The van der Waals surface area contributed by atoms with Gasteiger partial charge in [-0.15, -0.1) is 0 Å². The van der Waals surface area contributed by atoms with Crippen LogP contribution in [0, 0.1) is 18.8 Å². The number of pyridine rings is 1. The predicted octanol–water partition coefficient (Wildman–Crippen LogP) is 6.55. The van der Waals surface area contributed by atoms with E-state index in [0.29, 0.717) is 5.92 Å². The van der Waals surface area contributed by atoms with Gasteiger partial charge in [0, 0.05) is 24.1 Å². The molecule has 2 aromatic carbocycles. The Bertz CT molecular complexity index is 1200. The maximum absolute atomic E-state index is 9.78. The zero-order valence-corrected chi connectivity index (χ0v) is 21.4. The summed E-state index contributed by atoms with van der Waals surface area (Å²) in [5, 5.41) is 9.78. The Kier molecular flexibility index (Phi) is 6.84. The lowest BCUT2D eigenvalue weighted by Crippen LogP contribution is -2.15. The van der Waals surface area contributed by atoms with Gasteiger partial charge in [-0.2, -0.15) is 0 Å². The summed E-state index contributed by atoms with van der Waals surface area (Å²) in [7, 11) is 0. The van der Waals surface area contributed by atoms with E-state index in [1.165, 1.54) is 45.6 Å². The van der Waals surface area contributed by atoms with E-state index in [1.807, 2.05) is 6.07 Å². The number of aliphatic hydroxyl groups is 1. The number of aliphatic hydroxyl groups excluding tert-OH is 1. The van der Waals surface area contributed by atoms with Crippen molar-refractivity contribution in [2.24, 2.45) is 11.8 Å². The van der Waals surface area contributed by atoms with Crippen LogP contribution in [-0.2, 0) is 12.8 Å². The number of fused-ring (bicyclic) bond motifs is 2. The van der Waals surface area contributed by atoms with Crippen LogP contribution < -0.4 is 9.47 Å². The summed E-state index contributed by atoms with van der Waals surface area (Å²) in [6.07, 6.45) is 4.21. The zero-order chi connectivity index (χ0) is 24.5. The van der Waals surface area contributed by atoms with Gasteiger partial charge in [0.1, 0.15) is 0 Å². The summed E-state index contributed by atoms with van der Waals surface area (Å²) < 4.78 is 11.3. The van der Waals surface area contributed by atoms with Crippen molar-refractivity contribution in [3.63, 3.8) is 0 Å². The fourth-order valence-electron chi connectivity index (χ4n) is 5.94. The molecule has 4 atom stereocenters. The molecular weight excluding hydrogens is 434 g/mol. The monoisotopic (exact) mass is 471 g/mol. The molecule has 184 valence electrons. The number of hydrogen-bond acceptors (Lipinski definition) is 4. The maximum atomic E-state index is 9.78. The molecule has 0 spiro atoms. The van der Waals surface area contributed by atoms with Crippen LogP contribution in [0.4, 0.5) is 0 Å². The van der Waals surface area contributed by atoms with E-state index in [2.05, 4.69) is 70.2 Å². The van der Waals surface area contributed by atoms with Crippen molar-refractivity contribution >= 4 is 0 Å². The lowest BCUT2D eigenvalue weighted by atomic mass is 9.79. The lowest BCUT2D eigenvalue weighted by molar-refractivity contribution is 0.174. The molecular formula is C31H37NO3. The molecule has 1 aromatic heterocycles. The van der Waals surface area contributed by atoms with E-state index in [-0.39, 0.29) is 31.2 Å². The summed E-state index contributed by atoms with van der Waals surface area (Å²) in [6, 6.07) is 17.8. The lowest BCUT2D eigenvalue weighted by Gasteiger charge is -2.25. The summed E-state index contributed by atoms with van der Waals surface area (Å²) in [5.41, 5.74) is 8.93. The fraction of sp³-hybridized carbons (Fsp3) is 0.452. The van der Waals surface area contributed by atoms with Crippen LogP contribution >= 0.6 is 0 Å². The second-order valence-electron chi connectivity index (χ2n) is 10.5. The van der Waals surface area contributed by atoms with Gasteiger partial charge in [0.2, 0.25) is 6.79 Å². The molecule has 1 aliphatic carbocycles. The molecule has 0 fully saturated rings. The first-order valence-electron chi connectivity index (χ1n) is 13.1. The van der Waals surface area contributed by atoms with E-state index >= 15 is 0 Å². The van der Waals surface area contributed by atoms with E-state index in [0.717, 1.165) is 30.8 Å². The van der Waals surface area contributed by atoms with Crippen LogP contribution in [0.2, 0.25) is 0 Å². The van der Waals surface area contributed by atoms with Gasteiger partial charge in [-0.3, -0.25) is 4.98 Å². The highest BCUT2D eigenvalue weighted by Crippen LogP contribution is 2.53. The molecule has 0 amide bonds. The Morgan fingerprint density at radius 3 is 2.60 bits per heavy atom. The quantitative estimate of drug-likeness (QED) is 0.405. The minimum atomic E-state index is 0.198. The van der Waals surface area contributed by atoms with Gasteiger partial charge >= 0.3 is 0 Å². The normalized spacial score (nSPS) is 21.2. The number of aryl methyl sites for hydroxylation is 2. The minimum absolute atomic E-state index is 0.198. The molecule has 0 unspecified atom stereocenters. The van der Waals surface area contributed by atoms with Gasteiger partial charge in [-0.1, -0.05) is 63.1 Å². The molecule has 35 heavy (non-hydrogen) atoms. The Morgan fingerprint density at radius 1 is 1.00 bits per heavy atom. The first kappa shape index (κ1) is 23.9. The summed E-state index contributed by atoms with van der Waals surface area (Å²) in [5.74, 6) is 2.67. The van der Waals surface area contributed by atoms with Gasteiger partial charge in [0.05, 0.1) is 5.69 Å². The van der Waals surface area contributed by atoms with Crippen LogP contribution in [0.3, 0.4) is 0 Å². The second-order valence-corrected chi connectivity index (χ2v) is 10.5. The van der Waals surface area contributed by atoms with Crippen molar-refractivity contribution in [3.05, 3.63) is 87.7 Å². The molecule has 0 radical (unpaired) electrons. The van der Waals surface area contributed by atoms with Crippen molar-refractivity contribution in [3.8, 4) is 11.5 Å². The van der Waals surface area contributed by atoms with Crippen LogP contribution in [-0.4, -0.2) is 23.5 Å². The number of benzene rings is 2. The summed E-state index contributed by atoms with van der Waals surface area (Å²) >= 11 is 0. The van der Waals surface area contributed by atoms with Crippen LogP contribution in [0.5, 0.6) is 11.5 Å². The zero-order valence-electron chi connectivity index (χ0n) is 21.4. The number of nitrogens with zero attached hydrogens (tertiary/aromatic N) is 1. The third-order valence-corrected chi connectivity index (χ3v) is 7.75. The molecule has 1 N–H and O–H groups in total. The van der Waals surface area contributed by atoms with Gasteiger partial charge in [-0.05, 0) is 78.5 Å². The van der Waals surface area contributed by atoms with Crippen LogP contribution in [0.25, 0.3) is 0 Å². The first-order chi connectivity index (χ1) is 17.0. The molecule has 3 aromatic rings. The van der Waals surface area contributed by atoms with E-state index in [1.54, 1.807) is 0 Å². The molecule has 5 rings (SSSR count). The molecule has 0 saturated carbocycles. The van der Waals surface area contributed by atoms with Gasteiger partial charge in [-0.25, -0.2) is 0 Å². The number of unbranched alkanes of at least 4 members (excludes halogenated alkanes) is 1. The Balaban J connectivity index is 1.62. The fourth-order valence-corrected chi connectivity index (χ4v) is 5.94. The summed E-state index contributed by atoms with van der Waals surface area (Å²) in [6.45, 7) is 9.36. The van der Waals surface area contributed by atoms with Gasteiger partial charge < -0.3 is 14.6 Å². The number of hydrogen-bond donors (Lipinski definition) is 1. The third kappa shape index (κ3) is 4.56. The highest BCUT2D eigenvalue weighted by Gasteiger charge is 2.42. The Labute approximate surface area is 209 Å². The number of rotatable bonds is 8. The van der Waals surface area contributed by atoms with E-state index in [9.17, 15) is 5.11 Å². The van der Waals surface area contributed by atoms with Crippen LogP contribution in [0.15, 0.2) is 48.5 Å². The molecule has 0 bridgehead atoms. The second kappa shape index (κ2) is 10.0. The van der Waals surface area contributed by atoms with Gasteiger partial charge in [0.25, 0.3) is 0 Å². The molecule has 2 heterocycles. The molecule has 1 aliphatic heterocycles. The van der Waals surface area contributed by atoms with E-state index in [4.69, 9.17) is 14.5 Å². The Hall–Kier alpha value is -2.85. The molecule has 4 nitrogen and oxygen atoms in total. The molecule has 2 aliphatic rings. The highest BCUT2D eigenvalue weighted by molar-refractivity contribution is 5.53. The topological polar surface area (TPSA) is 51.6 Å². The maximum Gasteiger partial charge on any atom is 0.231 e. The Morgan fingerprint density at radius 2 is 1.80 bits per heavy atom. The van der Waals surface area contributed by atoms with Gasteiger partial charge in [0.15, 0.2) is 11.5 Å². The average molecular weight is 472 g/mol. The summed E-state index contributed by atoms with van der Waals surface area (Å²) in [4.78, 5) is 5.30. The minimum Gasteiger partial charge on any atom is -0.454 e. The predicted molar refractivity (Wildman–Crippen MR) is 139 cm³/mol. The smallest absolute Gasteiger partial charge is 0.231 e. The van der Waals surface area contributed by atoms with Crippen molar-refractivity contribution in [2.75, 3.05) is 13.4 Å². The first-order valence-corrected chi connectivity index (χ1v) is 13.1. The highest BCUT2D eigenvalue weighted by atomic mass is 16.7. The van der Waals surface area contributed by atoms with E-state index < -0.39 is 0 Å². The molecule has 4 heteroatoms. The van der Waals surface area contributed by atoms with Crippen molar-refractivity contribution in [2.45, 2.75) is 65.2 Å². The van der Waals surface area contributed by atoms with Crippen molar-refractivity contribution in [1.82, 2.24) is 4.98 Å². The van der Waals surface area contributed by atoms with Crippen LogP contribution in [0.1, 0.15) is 84.7 Å². The average Bonchev–Trinajstić information content (AvgIpc) is 3.44. The third-order valence-electron chi connectivity index (χ3n) is 7.75. The molecule has 0 saturated heterocycles. The van der Waals surface area contributed by atoms with Crippen molar-refractivity contribution in [1.29, 1.82) is 0 Å². The SMILES string of the molecule is CCCCc1ccc2c(n1)[C@@H](c1ccc(C)cc1C[C@H](C)CO)[C@H](C)[C@H]2c1ccc2c(c1)OCO2. The largest absolute Gasteiger partial charge is 0.454 e. The van der Waals surface area contributed by atoms with Crippen molar-refractivity contribution < 1.29 is 14.6 Å². The standard InChI is InChI=1S/C31H37NO3/c1-5-6-7-24-10-12-26-29(22-9-13-27-28(16-22)35-18-34-27)21(4)30(31(26)32-24)25-11-8-19(2)14-23(25)15-20(3)17-33/h8-14,16,20-21,29-30,33H,5-7,15,17-18H2,1-4H3/t20-,21+,29-,30+/m0/s1. The number of ether oxygens (including phenoxy) is 2.